The fourth-order valence-electron chi connectivity index (χ4n) is 1.85. The van der Waals surface area contributed by atoms with Crippen molar-refractivity contribution in [3.63, 3.8) is 0 Å². The molecule has 0 unspecified atom stereocenters. The van der Waals surface area contributed by atoms with E-state index < -0.39 is 10.0 Å². The lowest BCUT2D eigenvalue weighted by molar-refractivity contribution is 0.408. The molecule has 2 heterocycles. The van der Waals surface area contributed by atoms with Crippen LogP contribution in [0.4, 0.5) is 5.69 Å². The van der Waals surface area contributed by atoms with Gasteiger partial charge in [0.25, 0.3) is 10.0 Å². The molecule has 0 aliphatic heterocycles. The Balaban J connectivity index is 2.25. The first-order chi connectivity index (χ1) is 9.46. The molecule has 20 heavy (non-hydrogen) atoms. The molecule has 2 rings (SSSR count). The summed E-state index contributed by atoms with van der Waals surface area (Å²) in [4.78, 5) is 0. The number of aromatic nitrogens is 2. The maximum absolute atomic E-state index is 12.2. The topological polar surface area (TPSA) is 89.2 Å². The normalized spacial score (nSPS) is 11.8. The fraction of sp³-hybridized carbons (Fsp3) is 0.417. The number of furan rings is 1. The highest BCUT2D eigenvalue weighted by molar-refractivity contribution is 7.92. The molecule has 0 atom stereocenters. The minimum Gasteiger partial charge on any atom is -0.446 e. The number of hydrogen-bond donors (Lipinski definition) is 2. The van der Waals surface area contributed by atoms with Crippen LogP contribution in [0.25, 0.3) is 0 Å². The third kappa shape index (κ3) is 3.02. The molecule has 0 aliphatic rings. The fourth-order valence-corrected chi connectivity index (χ4v) is 2.87. The Morgan fingerprint density at radius 3 is 2.80 bits per heavy atom. The second-order valence-electron chi connectivity index (χ2n) is 4.37. The summed E-state index contributed by atoms with van der Waals surface area (Å²) in [6, 6.07) is 3.08. The number of nitrogens with one attached hydrogen (secondary N) is 2. The smallest absolute Gasteiger partial charge is 0.295 e. The average molecular weight is 298 g/mol. The van der Waals surface area contributed by atoms with Crippen molar-refractivity contribution in [1.29, 1.82) is 0 Å². The van der Waals surface area contributed by atoms with Gasteiger partial charge in [0.15, 0.2) is 0 Å². The summed E-state index contributed by atoms with van der Waals surface area (Å²) in [7, 11) is -0.221. The SMILES string of the molecule is CCc1nn(C)cc1NS(=O)(=O)c1ccc(CNC)o1. The van der Waals surface area contributed by atoms with Crippen molar-refractivity contribution in [2.75, 3.05) is 11.8 Å². The van der Waals surface area contributed by atoms with Gasteiger partial charge in [0.05, 0.1) is 17.9 Å². The highest BCUT2D eigenvalue weighted by Gasteiger charge is 2.21. The first-order valence-electron chi connectivity index (χ1n) is 6.25. The maximum Gasteiger partial charge on any atom is 0.295 e. The van der Waals surface area contributed by atoms with E-state index in [0.29, 0.717) is 30.1 Å². The van der Waals surface area contributed by atoms with Crippen LogP contribution in [0.15, 0.2) is 27.8 Å². The van der Waals surface area contributed by atoms with E-state index in [9.17, 15) is 8.42 Å². The van der Waals surface area contributed by atoms with E-state index in [4.69, 9.17) is 4.42 Å². The Morgan fingerprint density at radius 2 is 2.15 bits per heavy atom. The van der Waals surface area contributed by atoms with Gasteiger partial charge in [0.1, 0.15) is 5.76 Å². The molecule has 2 aromatic rings. The molecule has 0 bridgehead atoms. The Kier molecular flexibility index (Phi) is 4.15. The van der Waals surface area contributed by atoms with Crippen LogP contribution in [0.1, 0.15) is 18.4 Å². The molecule has 110 valence electrons. The van der Waals surface area contributed by atoms with E-state index in [2.05, 4.69) is 15.1 Å². The van der Waals surface area contributed by atoms with Gasteiger partial charge in [-0.2, -0.15) is 13.5 Å². The Bertz CT molecular complexity index is 687. The summed E-state index contributed by atoms with van der Waals surface area (Å²) in [6.45, 7) is 2.39. The van der Waals surface area contributed by atoms with Gasteiger partial charge < -0.3 is 9.73 Å². The van der Waals surface area contributed by atoms with E-state index in [1.54, 1.807) is 31.0 Å². The van der Waals surface area contributed by atoms with Gasteiger partial charge in [0, 0.05) is 13.2 Å². The van der Waals surface area contributed by atoms with Crippen LogP contribution >= 0.6 is 0 Å². The quantitative estimate of drug-likeness (QED) is 0.833. The summed E-state index contributed by atoms with van der Waals surface area (Å²) in [5.74, 6) is 0.565. The molecule has 0 amide bonds. The molecular weight excluding hydrogens is 280 g/mol. The first-order valence-corrected chi connectivity index (χ1v) is 7.73. The second kappa shape index (κ2) is 5.68. The first kappa shape index (κ1) is 14.6. The average Bonchev–Trinajstić information content (AvgIpc) is 2.96. The van der Waals surface area contributed by atoms with E-state index >= 15 is 0 Å². The van der Waals surface area contributed by atoms with Gasteiger partial charge in [0.2, 0.25) is 5.09 Å². The number of aryl methyl sites for hydroxylation is 2. The molecule has 0 radical (unpaired) electrons. The molecule has 8 heteroatoms. The van der Waals surface area contributed by atoms with Crippen molar-refractivity contribution in [1.82, 2.24) is 15.1 Å². The summed E-state index contributed by atoms with van der Waals surface area (Å²) < 4.78 is 33.8. The van der Waals surface area contributed by atoms with E-state index in [1.165, 1.54) is 6.07 Å². The Morgan fingerprint density at radius 1 is 1.40 bits per heavy atom. The molecule has 0 fully saturated rings. The zero-order valence-corrected chi connectivity index (χ0v) is 12.5. The lowest BCUT2D eigenvalue weighted by Gasteiger charge is -2.04. The monoisotopic (exact) mass is 298 g/mol. The molecule has 2 aromatic heterocycles. The maximum atomic E-state index is 12.2. The van der Waals surface area contributed by atoms with Crippen molar-refractivity contribution in [3.05, 3.63) is 29.8 Å². The lowest BCUT2D eigenvalue weighted by atomic mass is 10.3. The van der Waals surface area contributed by atoms with Crippen LogP contribution in [-0.2, 0) is 30.0 Å². The van der Waals surface area contributed by atoms with Crippen molar-refractivity contribution in [3.8, 4) is 0 Å². The number of rotatable bonds is 6. The zero-order chi connectivity index (χ0) is 14.8. The third-order valence-electron chi connectivity index (χ3n) is 2.74. The highest BCUT2D eigenvalue weighted by Crippen LogP contribution is 2.21. The van der Waals surface area contributed by atoms with Gasteiger partial charge >= 0.3 is 0 Å². The van der Waals surface area contributed by atoms with Crippen LogP contribution in [0.3, 0.4) is 0 Å². The summed E-state index contributed by atoms with van der Waals surface area (Å²) in [5, 5.41) is 6.99. The summed E-state index contributed by atoms with van der Waals surface area (Å²) in [5.41, 5.74) is 1.17. The molecule has 0 aromatic carbocycles. The minimum absolute atomic E-state index is 0.103. The summed E-state index contributed by atoms with van der Waals surface area (Å²) >= 11 is 0. The van der Waals surface area contributed by atoms with Crippen LogP contribution in [0.5, 0.6) is 0 Å². The van der Waals surface area contributed by atoms with Crippen molar-refractivity contribution in [2.24, 2.45) is 7.05 Å². The van der Waals surface area contributed by atoms with Crippen molar-refractivity contribution in [2.45, 2.75) is 25.0 Å². The van der Waals surface area contributed by atoms with E-state index in [1.807, 2.05) is 6.92 Å². The van der Waals surface area contributed by atoms with Crippen molar-refractivity contribution < 1.29 is 12.8 Å². The molecular formula is C12H18N4O3S. The minimum atomic E-state index is -3.73. The highest BCUT2D eigenvalue weighted by atomic mass is 32.2. The number of hydrogen-bond acceptors (Lipinski definition) is 5. The van der Waals surface area contributed by atoms with E-state index in [-0.39, 0.29) is 5.09 Å². The number of sulfonamides is 1. The molecule has 7 nitrogen and oxygen atoms in total. The standard InChI is InChI=1S/C12H18N4O3S/c1-4-10-11(8-16(3)14-10)15-20(17,18)12-6-5-9(19-12)7-13-2/h5-6,8,13,15H,4,7H2,1-3H3. The number of nitrogens with zero attached hydrogens (tertiary/aromatic N) is 2. The largest absolute Gasteiger partial charge is 0.446 e. The Hall–Kier alpha value is -1.80. The molecule has 0 spiro atoms. The van der Waals surface area contributed by atoms with Crippen LogP contribution in [-0.4, -0.2) is 25.2 Å². The van der Waals surface area contributed by atoms with Gasteiger partial charge in [-0.1, -0.05) is 6.92 Å². The van der Waals surface area contributed by atoms with Gasteiger partial charge in [-0.25, -0.2) is 0 Å². The van der Waals surface area contributed by atoms with Crippen molar-refractivity contribution >= 4 is 15.7 Å². The van der Waals surface area contributed by atoms with Gasteiger partial charge in [-0.15, -0.1) is 0 Å². The summed E-state index contributed by atoms with van der Waals surface area (Å²) in [6.07, 6.45) is 2.27. The molecule has 0 aliphatic carbocycles. The van der Waals surface area contributed by atoms with Gasteiger partial charge in [-0.05, 0) is 25.6 Å². The Labute approximate surface area is 118 Å². The van der Waals surface area contributed by atoms with Crippen LogP contribution in [0, 0.1) is 0 Å². The third-order valence-corrected chi connectivity index (χ3v) is 3.98. The second-order valence-corrected chi connectivity index (χ2v) is 5.99. The van der Waals surface area contributed by atoms with Crippen LogP contribution in [0.2, 0.25) is 0 Å². The van der Waals surface area contributed by atoms with Crippen LogP contribution < -0.4 is 10.0 Å². The predicted octanol–water partition coefficient (Wildman–Crippen LogP) is 1.10. The molecule has 0 saturated carbocycles. The zero-order valence-electron chi connectivity index (χ0n) is 11.7. The van der Waals surface area contributed by atoms with Gasteiger partial charge in [-0.3, -0.25) is 9.40 Å². The number of anilines is 1. The molecule has 2 N–H and O–H groups in total. The predicted molar refractivity (Wildman–Crippen MR) is 74.9 cm³/mol. The molecule has 0 saturated heterocycles. The lowest BCUT2D eigenvalue weighted by Crippen LogP contribution is -2.13. The van der Waals surface area contributed by atoms with E-state index in [0.717, 1.165) is 0 Å².